The SMILES string of the molecule is CC1=CCCC(N(c2ccccc2)c2ccc(-c3ccc(N(c4ccccc4)c4cccc(C)c4)cc3C)c(C)c2)=C1. The number of nitrogens with zero attached hydrogens (tertiary/aromatic N) is 2. The summed E-state index contributed by atoms with van der Waals surface area (Å²) in [6.07, 6.45) is 6.76. The minimum Gasteiger partial charge on any atom is -0.314 e. The molecule has 0 saturated heterocycles. The van der Waals surface area contributed by atoms with Crippen molar-refractivity contribution in [1.29, 1.82) is 0 Å². The van der Waals surface area contributed by atoms with Crippen LogP contribution in [0.15, 0.2) is 145 Å². The van der Waals surface area contributed by atoms with Gasteiger partial charge in [-0.05, 0) is 135 Å². The Kier molecular flexibility index (Phi) is 7.79. The van der Waals surface area contributed by atoms with E-state index in [1.807, 2.05) is 0 Å². The molecular formula is C40H38N2. The van der Waals surface area contributed by atoms with Gasteiger partial charge in [0.25, 0.3) is 0 Å². The van der Waals surface area contributed by atoms with Crippen molar-refractivity contribution in [2.75, 3.05) is 9.80 Å². The van der Waals surface area contributed by atoms with Gasteiger partial charge in [-0.3, -0.25) is 0 Å². The van der Waals surface area contributed by atoms with Crippen LogP contribution in [0.4, 0.5) is 28.4 Å². The fourth-order valence-corrected chi connectivity index (χ4v) is 6.05. The molecule has 5 aromatic rings. The molecule has 42 heavy (non-hydrogen) atoms. The van der Waals surface area contributed by atoms with Gasteiger partial charge in [-0.25, -0.2) is 0 Å². The largest absolute Gasteiger partial charge is 0.314 e. The van der Waals surface area contributed by atoms with Gasteiger partial charge in [-0.15, -0.1) is 0 Å². The van der Waals surface area contributed by atoms with Crippen LogP contribution in [0.1, 0.15) is 36.5 Å². The molecule has 2 heteroatoms. The highest BCUT2D eigenvalue weighted by molar-refractivity contribution is 5.82. The lowest BCUT2D eigenvalue weighted by Crippen LogP contribution is -2.18. The van der Waals surface area contributed by atoms with Crippen molar-refractivity contribution in [2.45, 2.75) is 40.5 Å². The smallest absolute Gasteiger partial charge is 0.0464 e. The Hall–Kier alpha value is -4.82. The van der Waals surface area contributed by atoms with E-state index in [9.17, 15) is 0 Å². The van der Waals surface area contributed by atoms with Crippen molar-refractivity contribution in [2.24, 2.45) is 0 Å². The maximum absolute atomic E-state index is 2.42. The average molecular weight is 547 g/mol. The van der Waals surface area contributed by atoms with E-state index in [1.54, 1.807) is 0 Å². The maximum atomic E-state index is 2.42. The van der Waals surface area contributed by atoms with E-state index in [0.29, 0.717) is 0 Å². The normalized spacial score (nSPS) is 12.9. The molecule has 0 amide bonds. The molecule has 0 saturated carbocycles. The Labute approximate surface area is 250 Å². The number of hydrogen-bond acceptors (Lipinski definition) is 2. The molecule has 0 spiro atoms. The summed E-state index contributed by atoms with van der Waals surface area (Å²) in [6, 6.07) is 43.8. The standard InChI is InChI=1S/C40H38N2/c1-29-13-11-19-35(25-29)41(33-15-7-5-8-16-33)37-21-23-39(31(3)27-37)40-24-22-38(28-32(40)4)42(34-17-9-6-10-18-34)36-20-12-14-30(2)26-36/h5-11,13-19,21-28H,12,20H2,1-4H3. The summed E-state index contributed by atoms with van der Waals surface area (Å²) in [5.41, 5.74) is 14.9. The van der Waals surface area contributed by atoms with Gasteiger partial charge in [0, 0.05) is 34.1 Å². The fourth-order valence-electron chi connectivity index (χ4n) is 6.05. The van der Waals surface area contributed by atoms with Crippen LogP contribution in [0.2, 0.25) is 0 Å². The predicted octanol–water partition coefficient (Wildman–Crippen LogP) is 11.5. The molecule has 6 rings (SSSR count). The first kappa shape index (κ1) is 27.4. The van der Waals surface area contributed by atoms with E-state index in [-0.39, 0.29) is 0 Å². The van der Waals surface area contributed by atoms with E-state index in [0.717, 1.165) is 29.9 Å². The van der Waals surface area contributed by atoms with Crippen LogP contribution in [0, 0.1) is 20.8 Å². The Morgan fingerprint density at radius 2 is 1.00 bits per heavy atom. The number of benzene rings is 5. The quantitative estimate of drug-likeness (QED) is 0.200. The van der Waals surface area contributed by atoms with Crippen LogP contribution in [-0.4, -0.2) is 0 Å². The molecule has 0 N–H and O–H groups in total. The third-order valence-electron chi connectivity index (χ3n) is 8.06. The topological polar surface area (TPSA) is 6.48 Å². The van der Waals surface area contributed by atoms with Crippen LogP contribution >= 0.6 is 0 Å². The van der Waals surface area contributed by atoms with E-state index in [1.165, 1.54) is 50.5 Å². The first-order valence-corrected chi connectivity index (χ1v) is 14.8. The van der Waals surface area contributed by atoms with Gasteiger partial charge in [0.15, 0.2) is 0 Å². The summed E-state index contributed by atoms with van der Waals surface area (Å²) in [4.78, 5) is 4.76. The van der Waals surface area contributed by atoms with Crippen LogP contribution in [0.5, 0.6) is 0 Å². The summed E-state index contributed by atoms with van der Waals surface area (Å²) in [5.74, 6) is 0. The predicted molar refractivity (Wildman–Crippen MR) is 180 cm³/mol. The monoisotopic (exact) mass is 546 g/mol. The van der Waals surface area contributed by atoms with Gasteiger partial charge in [0.2, 0.25) is 0 Å². The first-order chi connectivity index (χ1) is 20.5. The maximum Gasteiger partial charge on any atom is 0.0464 e. The average Bonchev–Trinajstić information content (AvgIpc) is 2.99. The second-order valence-electron chi connectivity index (χ2n) is 11.3. The number of aryl methyl sites for hydroxylation is 3. The lowest BCUT2D eigenvalue weighted by molar-refractivity contribution is 0.904. The number of allylic oxidation sites excluding steroid dienone is 4. The molecule has 0 fully saturated rings. The summed E-state index contributed by atoms with van der Waals surface area (Å²) < 4.78 is 0. The van der Waals surface area contributed by atoms with Crippen molar-refractivity contribution in [3.63, 3.8) is 0 Å². The summed E-state index contributed by atoms with van der Waals surface area (Å²) in [5, 5.41) is 0. The van der Waals surface area contributed by atoms with Crippen molar-refractivity contribution >= 4 is 28.4 Å². The van der Waals surface area contributed by atoms with E-state index >= 15 is 0 Å². The molecule has 5 aromatic carbocycles. The molecule has 0 aliphatic heterocycles. The lowest BCUT2D eigenvalue weighted by Gasteiger charge is -2.30. The summed E-state index contributed by atoms with van der Waals surface area (Å²) in [6.45, 7) is 8.80. The third-order valence-corrected chi connectivity index (χ3v) is 8.06. The van der Waals surface area contributed by atoms with Gasteiger partial charge in [-0.2, -0.15) is 0 Å². The Bertz CT molecular complexity index is 1760. The number of para-hydroxylation sites is 2. The van der Waals surface area contributed by atoms with Crippen molar-refractivity contribution in [1.82, 2.24) is 0 Å². The molecule has 1 aliphatic rings. The minimum atomic E-state index is 1.03. The Balaban J connectivity index is 1.38. The van der Waals surface area contributed by atoms with E-state index in [4.69, 9.17) is 0 Å². The number of anilines is 5. The highest BCUT2D eigenvalue weighted by atomic mass is 15.2. The molecule has 208 valence electrons. The minimum absolute atomic E-state index is 1.03. The second kappa shape index (κ2) is 12.0. The van der Waals surface area contributed by atoms with Crippen molar-refractivity contribution < 1.29 is 0 Å². The number of rotatable bonds is 7. The molecule has 0 heterocycles. The zero-order valence-corrected chi connectivity index (χ0v) is 25.0. The van der Waals surface area contributed by atoms with Gasteiger partial charge in [0.05, 0.1) is 0 Å². The zero-order chi connectivity index (χ0) is 29.1. The van der Waals surface area contributed by atoms with E-state index < -0.39 is 0 Å². The molecule has 0 atom stereocenters. The van der Waals surface area contributed by atoms with Crippen LogP contribution in [0.25, 0.3) is 11.1 Å². The lowest BCUT2D eigenvalue weighted by atomic mass is 9.94. The molecule has 0 unspecified atom stereocenters. The molecule has 0 bridgehead atoms. The molecule has 2 nitrogen and oxygen atoms in total. The van der Waals surface area contributed by atoms with Crippen LogP contribution in [0.3, 0.4) is 0 Å². The molecule has 0 radical (unpaired) electrons. The van der Waals surface area contributed by atoms with Gasteiger partial charge in [-0.1, -0.05) is 72.3 Å². The molecule has 0 aromatic heterocycles. The van der Waals surface area contributed by atoms with Gasteiger partial charge < -0.3 is 9.80 Å². The van der Waals surface area contributed by atoms with Crippen LogP contribution < -0.4 is 9.80 Å². The Morgan fingerprint density at radius 3 is 1.55 bits per heavy atom. The number of hydrogen-bond donors (Lipinski definition) is 0. The highest BCUT2D eigenvalue weighted by Gasteiger charge is 2.19. The summed E-state index contributed by atoms with van der Waals surface area (Å²) >= 11 is 0. The zero-order valence-electron chi connectivity index (χ0n) is 25.0. The molecule has 1 aliphatic carbocycles. The third kappa shape index (κ3) is 5.66. The fraction of sp³-hybridized carbons (Fsp3) is 0.150. The van der Waals surface area contributed by atoms with E-state index in [2.05, 4.69) is 171 Å². The highest BCUT2D eigenvalue weighted by Crippen LogP contribution is 2.40. The first-order valence-electron chi connectivity index (χ1n) is 14.8. The van der Waals surface area contributed by atoms with Gasteiger partial charge in [0.1, 0.15) is 0 Å². The van der Waals surface area contributed by atoms with Crippen LogP contribution in [-0.2, 0) is 0 Å². The van der Waals surface area contributed by atoms with Crippen molar-refractivity contribution in [3.05, 3.63) is 161 Å². The van der Waals surface area contributed by atoms with Gasteiger partial charge >= 0.3 is 0 Å². The Morgan fingerprint density at radius 1 is 0.476 bits per heavy atom. The summed E-state index contributed by atoms with van der Waals surface area (Å²) in [7, 11) is 0. The van der Waals surface area contributed by atoms with Crippen molar-refractivity contribution in [3.8, 4) is 11.1 Å². The molecular weight excluding hydrogens is 508 g/mol. The second-order valence-corrected chi connectivity index (χ2v) is 11.3.